The lowest BCUT2D eigenvalue weighted by Crippen LogP contribution is -2.37. The quantitative estimate of drug-likeness (QED) is 0.335. The zero-order valence-electron chi connectivity index (χ0n) is 11.7. The van der Waals surface area contributed by atoms with Gasteiger partial charge in [0.2, 0.25) is 0 Å². The molecule has 0 spiro atoms. The number of guanidine groups is 1. The summed E-state index contributed by atoms with van der Waals surface area (Å²) in [5.41, 5.74) is -0.148. The molecule has 1 aromatic carbocycles. The second-order valence-corrected chi connectivity index (χ2v) is 4.06. The van der Waals surface area contributed by atoms with Crippen molar-refractivity contribution in [3.05, 3.63) is 48.0 Å². The minimum atomic E-state index is -4.33. The highest BCUT2D eigenvalue weighted by atomic mass is 127. The van der Waals surface area contributed by atoms with E-state index in [1.54, 1.807) is 12.1 Å². The number of hydrogen-bond donors (Lipinski definition) is 2. The van der Waals surface area contributed by atoms with Gasteiger partial charge in [0.15, 0.2) is 5.96 Å². The Bertz CT molecular complexity index is 473. The van der Waals surface area contributed by atoms with E-state index in [9.17, 15) is 13.2 Å². The van der Waals surface area contributed by atoms with Crippen molar-refractivity contribution in [1.82, 2.24) is 10.6 Å². The predicted octanol–water partition coefficient (Wildman–Crippen LogP) is 3.56. The molecule has 0 heterocycles. The summed E-state index contributed by atoms with van der Waals surface area (Å²) in [6.45, 7) is 6.88. The molecule has 0 aliphatic rings. The fourth-order valence-corrected chi connectivity index (χ4v) is 1.53. The second-order valence-electron chi connectivity index (χ2n) is 4.06. The molecule has 0 saturated heterocycles. The molecule has 21 heavy (non-hydrogen) atoms. The van der Waals surface area contributed by atoms with Gasteiger partial charge in [0.1, 0.15) is 0 Å². The first-order valence-corrected chi connectivity index (χ1v) is 6.26. The Hall–Kier alpha value is -1.25. The topological polar surface area (TPSA) is 36.4 Å². The van der Waals surface area contributed by atoms with E-state index >= 15 is 0 Å². The first-order chi connectivity index (χ1) is 9.47. The first kappa shape index (κ1) is 19.8. The lowest BCUT2D eigenvalue weighted by atomic mass is 10.1. The monoisotopic (exact) mass is 413 g/mol. The average Bonchev–Trinajstić information content (AvgIpc) is 2.41. The van der Waals surface area contributed by atoms with Crippen LogP contribution < -0.4 is 10.6 Å². The van der Waals surface area contributed by atoms with Gasteiger partial charge in [-0.15, -0.1) is 30.6 Å². The van der Waals surface area contributed by atoms with Gasteiger partial charge in [0, 0.05) is 13.1 Å². The zero-order valence-corrected chi connectivity index (χ0v) is 14.0. The van der Waals surface area contributed by atoms with Crippen molar-refractivity contribution in [3.63, 3.8) is 0 Å². The summed E-state index contributed by atoms with van der Waals surface area (Å²) < 4.78 is 37.7. The molecule has 0 aliphatic carbocycles. The van der Waals surface area contributed by atoms with Crippen LogP contribution in [0, 0.1) is 0 Å². The van der Waals surface area contributed by atoms with Gasteiger partial charge in [-0.2, -0.15) is 13.2 Å². The van der Waals surface area contributed by atoms with Crippen molar-refractivity contribution in [2.24, 2.45) is 4.99 Å². The molecule has 1 rings (SSSR count). The number of aliphatic imine (C=N–C) groups is 1. The van der Waals surface area contributed by atoms with Gasteiger partial charge >= 0.3 is 6.18 Å². The molecule has 3 nitrogen and oxygen atoms in total. The third kappa shape index (κ3) is 7.35. The van der Waals surface area contributed by atoms with E-state index in [-0.39, 0.29) is 30.5 Å². The molecule has 0 bridgehead atoms. The highest BCUT2D eigenvalue weighted by molar-refractivity contribution is 14.0. The molecule has 0 amide bonds. The maximum absolute atomic E-state index is 12.6. The number of halogens is 4. The number of nitrogens with zero attached hydrogens (tertiary/aromatic N) is 1. The summed E-state index contributed by atoms with van der Waals surface area (Å²) in [4.78, 5) is 4.22. The van der Waals surface area contributed by atoms with E-state index in [0.29, 0.717) is 24.6 Å². The van der Waals surface area contributed by atoms with Crippen LogP contribution in [0.15, 0.2) is 41.9 Å². The third-order valence-corrected chi connectivity index (χ3v) is 2.43. The van der Waals surface area contributed by atoms with E-state index in [0.717, 1.165) is 12.1 Å². The number of alkyl halides is 3. The van der Waals surface area contributed by atoms with Crippen molar-refractivity contribution in [2.45, 2.75) is 19.6 Å². The normalized spacial score (nSPS) is 11.5. The van der Waals surface area contributed by atoms with Crippen molar-refractivity contribution < 1.29 is 13.2 Å². The van der Waals surface area contributed by atoms with Gasteiger partial charge in [-0.3, -0.25) is 0 Å². The summed E-state index contributed by atoms with van der Waals surface area (Å²) in [7, 11) is 0. The molecule has 0 aliphatic heterocycles. The van der Waals surface area contributed by atoms with Gasteiger partial charge < -0.3 is 10.6 Å². The standard InChI is InChI=1S/C14H18F3N3.HI/c1-3-8-19-13(18-4-2)20-10-11-6-5-7-12(9-11)14(15,16)17;/h3,5-7,9H,1,4,8,10H2,2H3,(H2,18,19,20);1H. The van der Waals surface area contributed by atoms with E-state index in [2.05, 4.69) is 22.2 Å². The Kier molecular flexibility index (Phi) is 9.07. The van der Waals surface area contributed by atoms with Crippen molar-refractivity contribution in [1.29, 1.82) is 0 Å². The molecule has 0 aromatic heterocycles. The van der Waals surface area contributed by atoms with Crippen LogP contribution in [-0.2, 0) is 12.7 Å². The Morgan fingerprint density at radius 2 is 2.05 bits per heavy atom. The fourth-order valence-electron chi connectivity index (χ4n) is 1.53. The third-order valence-electron chi connectivity index (χ3n) is 2.43. The van der Waals surface area contributed by atoms with E-state index in [1.807, 2.05) is 6.92 Å². The largest absolute Gasteiger partial charge is 0.416 e. The van der Waals surface area contributed by atoms with Gasteiger partial charge in [-0.05, 0) is 24.6 Å². The Labute approximate surface area is 139 Å². The van der Waals surface area contributed by atoms with Gasteiger partial charge in [0.25, 0.3) is 0 Å². The molecular formula is C14H19F3IN3. The average molecular weight is 413 g/mol. The summed E-state index contributed by atoms with van der Waals surface area (Å²) in [5, 5.41) is 5.99. The molecular weight excluding hydrogens is 394 g/mol. The molecule has 0 saturated carbocycles. The van der Waals surface area contributed by atoms with Crippen LogP contribution in [0.25, 0.3) is 0 Å². The molecule has 118 valence electrons. The Balaban J connectivity index is 0.00000400. The van der Waals surface area contributed by atoms with Crippen LogP contribution in [0.3, 0.4) is 0 Å². The maximum atomic E-state index is 12.6. The second kappa shape index (κ2) is 9.64. The molecule has 0 atom stereocenters. The van der Waals surface area contributed by atoms with E-state index < -0.39 is 11.7 Å². The van der Waals surface area contributed by atoms with Crippen molar-refractivity contribution in [2.75, 3.05) is 13.1 Å². The molecule has 0 fully saturated rings. The first-order valence-electron chi connectivity index (χ1n) is 6.26. The molecule has 7 heteroatoms. The number of benzene rings is 1. The van der Waals surface area contributed by atoms with Crippen LogP contribution in [0.5, 0.6) is 0 Å². The summed E-state index contributed by atoms with van der Waals surface area (Å²) >= 11 is 0. The smallest absolute Gasteiger partial charge is 0.357 e. The molecule has 0 radical (unpaired) electrons. The van der Waals surface area contributed by atoms with E-state index in [1.165, 1.54) is 6.07 Å². The Morgan fingerprint density at radius 1 is 1.33 bits per heavy atom. The molecule has 1 aromatic rings. The number of nitrogens with one attached hydrogen (secondary N) is 2. The minimum Gasteiger partial charge on any atom is -0.357 e. The van der Waals surface area contributed by atoms with Gasteiger partial charge in [0.05, 0.1) is 12.1 Å². The number of hydrogen-bond acceptors (Lipinski definition) is 1. The lowest BCUT2D eigenvalue weighted by molar-refractivity contribution is -0.137. The summed E-state index contributed by atoms with van der Waals surface area (Å²) in [6.07, 6.45) is -2.65. The summed E-state index contributed by atoms with van der Waals surface area (Å²) in [6, 6.07) is 5.17. The van der Waals surface area contributed by atoms with Crippen LogP contribution in [-0.4, -0.2) is 19.0 Å². The van der Waals surface area contributed by atoms with Crippen LogP contribution in [0.2, 0.25) is 0 Å². The zero-order chi connectivity index (χ0) is 15.0. The van der Waals surface area contributed by atoms with Crippen LogP contribution in [0.1, 0.15) is 18.1 Å². The van der Waals surface area contributed by atoms with Crippen molar-refractivity contribution >= 4 is 29.9 Å². The molecule has 0 unspecified atom stereocenters. The van der Waals surface area contributed by atoms with Crippen LogP contribution >= 0.6 is 24.0 Å². The van der Waals surface area contributed by atoms with Crippen LogP contribution in [0.4, 0.5) is 13.2 Å². The lowest BCUT2D eigenvalue weighted by Gasteiger charge is -2.10. The van der Waals surface area contributed by atoms with Gasteiger partial charge in [-0.1, -0.05) is 18.2 Å². The molecule has 2 N–H and O–H groups in total. The Morgan fingerprint density at radius 3 is 2.62 bits per heavy atom. The van der Waals surface area contributed by atoms with Crippen molar-refractivity contribution in [3.8, 4) is 0 Å². The fraction of sp³-hybridized carbons (Fsp3) is 0.357. The van der Waals surface area contributed by atoms with E-state index in [4.69, 9.17) is 0 Å². The highest BCUT2D eigenvalue weighted by Crippen LogP contribution is 2.29. The summed E-state index contributed by atoms with van der Waals surface area (Å²) in [5.74, 6) is 0.546. The predicted molar refractivity (Wildman–Crippen MR) is 89.9 cm³/mol. The maximum Gasteiger partial charge on any atom is 0.416 e. The number of rotatable bonds is 5. The highest BCUT2D eigenvalue weighted by Gasteiger charge is 2.30. The SMILES string of the molecule is C=CCNC(=NCc1cccc(C(F)(F)F)c1)NCC.I. The minimum absolute atomic E-state index is 0. The van der Waals surface area contributed by atoms with Gasteiger partial charge in [-0.25, -0.2) is 4.99 Å².